The largest absolute Gasteiger partial charge is 0.418 e. The maximum Gasteiger partial charge on any atom is 0.257 e. The molecule has 1 aliphatic heterocycles. The zero-order chi connectivity index (χ0) is 12.5. The summed E-state index contributed by atoms with van der Waals surface area (Å²) in [5, 5.41) is 19.7. The lowest BCUT2D eigenvalue weighted by Gasteiger charge is -2.20. The van der Waals surface area contributed by atoms with Gasteiger partial charge in [0.05, 0.1) is 17.0 Å². The molecule has 0 bridgehead atoms. The monoisotopic (exact) mass is 265 g/mol. The van der Waals surface area contributed by atoms with Crippen LogP contribution < -0.4 is 0 Å². The minimum Gasteiger partial charge on any atom is -0.418 e. The van der Waals surface area contributed by atoms with Crippen LogP contribution in [-0.2, 0) is 0 Å². The first-order valence-electron chi connectivity index (χ1n) is 6.03. The molecule has 18 heavy (non-hydrogen) atoms. The van der Waals surface area contributed by atoms with Crippen molar-refractivity contribution >= 4 is 11.3 Å². The number of aromatic nitrogens is 2. The Kier molecular flexibility index (Phi) is 3.15. The van der Waals surface area contributed by atoms with Crippen molar-refractivity contribution in [2.24, 2.45) is 0 Å². The van der Waals surface area contributed by atoms with Crippen LogP contribution >= 0.6 is 11.3 Å². The van der Waals surface area contributed by atoms with Crippen molar-refractivity contribution in [1.29, 1.82) is 0 Å². The molecule has 0 aliphatic carbocycles. The summed E-state index contributed by atoms with van der Waals surface area (Å²) >= 11 is 1.58. The summed E-state index contributed by atoms with van der Waals surface area (Å²) in [7, 11) is 0. The molecular formula is C12H15N3O2S. The average molecular weight is 265 g/mol. The van der Waals surface area contributed by atoms with E-state index in [-0.39, 0.29) is 12.1 Å². The van der Waals surface area contributed by atoms with Crippen molar-refractivity contribution in [1.82, 2.24) is 15.1 Å². The van der Waals surface area contributed by atoms with Crippen LogP contribution in [-0.4, -0.2) is 39.4 Å². The van der Waals surface area contributed by atoms with Gasteiger partial charge in [-0.25, -0.2) is 0 Å². The highest BCUT2D eigenvalue weighted by molar-refractivity contribution is 7.13. The Morgan fingerprint density at radius 1 is 1.56 bits per heavy atom. The van der Waals surface area contributed by atoms with E-state index in [1.165, 1.54) is 0 Å². The smallest absolute Gasteiger partial charge is 0.257 e. The van der Waals surface area contributed by atoms with E-state index >= 15 is 0 Å². The summed E-state index contributed by atoms with van der Waals surface area (Å²) in [5.74, 6) is 1.19. The van der Waals surface area contributed by atoms with Gasteiger partial charge in [0.1, 0.15) is 0 Å². The van der Waals surface area contributed by atoms with E-state index in [1.807, 2.05) is 24.4 Å². The van der Waals surface area contributed by atoms with Crippen LogP contribution in [0.2, 0.25) is 0 Å². The quantitative estimate of drug-likeness (QED) is 0.918. The molecule has 96 valence electrons. The van der Waals surface area contributed by atoms with E-state index < -0.39 is 0 Å². The average Bonchev–Trinajstić information content (AvgIpc) is 3.09. The molecule has 1 aliphatic rings. The molecule has 0 aromatic carbocycles. The highest BCUT2D eigenvalue weighted by atomic mass is 32.1. The lowest BCUT2D eigenvalue weighted by atomic mass is 10.3. The third kappa shape index (κ3) is 2.19. The second-order valence-electron chi connectivity index (χ2n) is 4.54. The molecule has 0 radical (unpaired) electrons. The van der Waals surface area contributed by atoms with E-state index in [2.05, 4.69) is 15.1 Å². The fraction of sp³-hybridized carbons (Fsp3) is 0.500. The van der Waals surface area contributed by atoms with Gasteiger partial charge < -0.3 is 9.52 Å². The Morgan fingerprint density at radius 2 is 2.44 bits per heavy atom. The number of β-amino-alcohol motifs (C(OH)–C–C–N with tert-alkyl or cyclic N) is 1. The van der Waals surface area contributed by atoms with Crippen LogP contribution in [0.1, 0.15) is 25.3 Å². The number of aliphatic hydroxyl groups is 1. The van der Waals surface area contributed by atoms with Gasteiger partial charge in [0.15, 0.2) is 0 Å². The van der Waals surface area contributed by atoms with Gasteiger partial charge in [-0.2, -0.15) is 0 Å². The fourth-order valence-corrected chi connectivity index (χ4v) is 2.82. The van der Waals surface area contributed by atoms with Crippen LogP contribution in [0.4, 0.5) is 0 Å². The number of thiophene rings is 1. The van der Waals surface area contributed by atoms with Gasteiger partial charge in [-0.3, -0.25) is 4.90 Å². The lowest BCUT2D eigenvalue weighted by molar-refractivity contribution is 0.155. The van der Waals surface area contributed by atoms with Gasteiger partial charge in [0, 0.05) is 13.1 Å². The first kappa shape index (κ1) is 11.8. The fourth-order valence-electron chi connectivity index (χ4n) is 2.18. The second kappa shape index (κ2) is 4.79. The van der Waals surface area contributed by atoms with Crippen molar-refractivity contribution < 1.29 is 9.52 Å². The maximum atomic E-state index is 9.54. The van der Waals surface area contributed by atoms with Crippen molar-refractivity contribution in [2.45, 2.75) is 25.5 Å². The highest BCUT2D eigenvalue weighted by Crippen LogP contribution is 2.28. The molecule has 0 amide bonds. The number of hydrogen-bond donors (Lipinski definition) is 1. The molecule has 2 aromatic rings. The predicted octanol–water partition coefficient (Wildman–Crippen LogP) is 1.93. The van der Waals surface area contributed by atoms with Crippen molar-refractivity contribution in [2.75, 3.05) is 13.1 Å². The van der Waals surface area contributed by atoms with Crippen molar-refractivity contribution in [3.63, 3.8) is 0 Å². The number of likely N-dealkylation sites (tertiary alicyclic amines) is 1. The van der Waals surface area contributed by atoms with Gasteiger partial charge in [0.25, 0.3) is 5.89 Å². The normalized spacial score (nSPS) is 22.4. The molecule has 0 saturated carbocycles. The zero-order valence-electron chi connectivity index (χ0n) is 10.1. The Labute approximate surface area is 109 Å². The standard InChI is InChI=1S/C12H15N3O2S/c1-8(15-5-4-9(16)7-15)11-13-14-12(17-11)10-3-2-6-18-10/h2-3,6,8-9,16H,4-5,7H2,1H3/t8?,9-/m0/s1. The third-order valence-electron chi connectivity index (χ3n) is 3.27. The first-order chi connectivity index (χ1) is 8.74. The van der Waals surface area contributed by atoms with Gasteiger partial charge >= 0.3 is 0 Å². The number of rotatable bonds is 3. The molecule has 0 spiro atoms. The molecule has 2 atom stereocenters. The molecule has 6 heteroatoms. The number of aliphatic hydroxyl groups excluding tert-OH is 1. The van der Waals surface area contributed by atoms with Crippen LogP contribution in [0.5, 0.6) is 0 Å². The predicted molar refractivity (Wildman–Crippen MR) is 68.2 cm³/mol. The number of nitrogens with zero attached hydrogens (tertiary/aromatic N) is 3. The summed E-state index contributed by atoms with van der Waals surface area (Å²) in [4.78, 5) is 3.15. The summed E-state index contributed by atoms with van der Waals surface area (Å²) in [5.41, 5.74) is 0. The van der Waals surface area contributed by atoms with Gasteiger partial charge in [-0.15, -0.1) is 21.5 Å². The maximum absolute atomic E-state index is 9.54. The molecule has 1 N–H and O–H groups in total. The minimum absolute atomic E-state index is 0.0587. The minimum atomic E-state index is -0.230. The number of hydrogen-bond acceptors (Lipinski definition) is 6. The van der Waals surface area contributed by atoms with E-state index in [4.69, 9.17) is 4.42 Å². The zero-order valence-corrected chi connectivity index (χ0v) is 10.9. The molecule has 3 rings (SSSR count). The summed E-state index contributed by atoms with van der Waals surface area (Å²) in [6, 6.07) is 3.99. The molecule has 1 fully saturated rings. The SMILES string of the molecule is CC(c1nnc(-c2cccs2)o1)N1CC[C@H](O)C1. The van der Waals surface area contributed by atoms with E-state index in [1.54, 1.807) is 11.3 Å². The first-order valence-corrected chi connectivity index (χ1v) is 6.91. The van der Waals surface area contributed by atoms with Crippen LogP contribution in [0.3, 0.4) is 0 Å². The van der Waals surface area contributed by atoms with E-state index in [9.17, 15) is 5.11 Å². The van der Waals surface area contributed by atoms with Crippen molar-refractivity contribution in [3.05, 3.63) is 23.4 Å². The molecule has 1 saturated heterocycles. The molecular weight excluding hydrogens is 250 g/mol. The molecule has 3 heterocycles. The Morgan fingerprint density at radius 3 is 3.11 bits per heavy atom. The van der Waals surface area contributed by atoms with Gasteiger partial charge in [0.2, 0.25) is 5.89 Å². The third-order valence-corrected chi connectivity index (χ3v) is 4.13. The topological polar surface area (TPSA) is 62.4 Å². The molecule has 1 unspecified atom stereocenters. The van der Waals surface area contributed by atoms with Crippen LogP contribution in [0.15, 0.2) is 21.9 Å². The van der Waals surface area contributed by atoms with E-state index in [0.29, 0.717) is 18.3 Å². The van der Waals surface area contributed by atoms with Crippen LogP contribution in [0.25, 0.3) is 10.8 Å². The highest BCUT2D eigenvalue weighted by Gasteiger charge is 2.28. The van der Waals surface area contributed by atoms with Crippen molar-refractivity contribution in [3.8, 4) is 10.8 Å². The Bertz CT molecular complexity index is 511. The van der Waals surface area contributed by atoms with E-state index in [0.717, 1.165) is 17.8 Å². The summed E-state index contributed by atoms with van der Waals surface area (Å²) in [6.07, 6.45) is 0.586. The van der Waals surface area contributed by atoms with Gasteiger partial charge in [-0.1, -0.05) is 6.07 Å². The summed E-state index contributed by atoms with van der Waals surface area (Å²) < 4.78 is 5.70. The molecule has 5 nitrogen and oxygen atoms in total. The lowest BCUT2D eigenvalue weighted by Crippen LogP contribution is -2.25. The van der Waals surface area contributed by atoms with Gasteiger partial charge in [-0.05, 0) is 24.8 Å². The van der Waals surface area contributed by atoms with Crippen LogP contribution in [0, 0.1) is 0 Å². The molecule has 2 aromatic heterocycles. The Balaban J connectivity index is 1.77. The summed E-state index contributed by atoms with van der Waals surface area (Å²) in [6.45, 7) is 3.58. The second-order valence-corrected chi connectivity index (χ2v) is 5.48. The Hall–Kier alpha value is -1.24.